The molecule has 2 heterocycles. The molecular formula is C13H20N2OS. The normalized spacial score (nSPS) is 20.4. The molecule has 4 heteroatoms. The van der Waals surface area contributed by atoms with E-state index in [1.54, 1.807) is 0 Å². The van der Waals surface area contributed by atoms with Gasteiger partial charge in [0.05, 0.1) is 12.7 Å². The molecule has 1 atom stereocenters. The zero-order chi connectivity index (χ0) is 11.9. The lowest BCUT2D eigenvalue weighted by molar-refractivity contribution is 0.0441. The average molecular weight is 252 g/mol. The van der Waals surface area contributed by atoms with Gasteiger partial charge in [0.15, 0.2) is 0 Å². The summed E-state index contributed by atoms with van der Waals surface area (Å²) in [6, 6.07) is 2.25. The summed E-state index contributed by atoms with van der Waals surface area (Å²) in [4.78, 5) is 5.54. The van der Waals surface area contributed by atoms with E-state index in [1.165, 1.54) is 16.9 Å². The highest BCUT2D eigenvalue weighted by molar-refractivity contribution is 7.99. The molecule has 0 aliphatic carbocycles. The van der Waals surface area contributed by atoms with Gasteiger partial charge in [-0.3, -0.25) is 4.98 Å². The van der Waals surface area contributed by atoms with Crippen LogP contribution in [0.1, 0.15) is 18.9 Å². The van der Waals surface area contributed by atoms with E-state index in [4.69, 9.17) is 4.74 Å². The third-order valence-corrected chi connectivity index (χ3v) is 3.84. The standard InChI is InChI=1S/C13H20N2OS/c1-2-3-11-6-13(9-15-7-11)17-10-12-8-14-4-5-16-12/h6-7,9,12,14H,2-5,8,10H2,1H3. The van der Waals surface area contributed by atoms with Crippen LogP contribution in [0.15, 0.2) is 23.4 Å². The van der Waals surface area contributed by atoms with E-state index in [-0.39, 0.29) is 0 Å². The smallest absolute Gasteiger partial charge is 0.0793 e. The quantitative estimate of drug-likeness (QED) is 0.814. The van der Waals surface area contributed by atoms with Gasteiger partial charge in [0, 0.05) is 36.1 Å². The molecule has 1 aromatic rings. The summed E-state index contributed by atoms with van der Waals surface area (Å²) in [7, 11) is 0. The van der Waals surface area contributed by atoms with Crippen molar-refractivity contribution < 1.29 is 4.74 Å². The number of aromatic nitrogens is 1. The highest BCUT2D eigenvalue weighted by atomic mass is 32.2. The Kier molecular flexibility index (Phi) is 5.29. The Hall–Kier alpha value is -0.580. The zero-order valence-corrected chi connectivity index (χ0v) is 11.1. The molecule has 1 unspecified atom stereocenters. The third-order valence-electron chi connectivity index (χ3n) is 2.75. The van der Waals surface area contributed by atoms with Crippen LogP contribution in [0.5, 0.6) is 0 Å². The number of aryl methyl sites for hydroxylation is 1. The molecular weight excluding hydrogens is 232 g/mol. The molecule has 1 fully saturated rings. The molecule has 1 aromatic heterocycles. The number of nitrogens with zero attached hydrogens (tertiary/aromatic N) is 1. The second-order valence-electron chi connectivity index (χ2n) is 4.29. The molecule has 94 valence electrons. The first-order chi connectivity index (χ1) is 8.38. The number of rotatable bonds is 5. The van der Waals surface area contributed by atoms with Crippen LogP contribution >= 0.6 is 11.8 Å². The molecule has 0 radical (unpaired) electrons. The van der Waals surface area contributed by atoms with Crippen LogP contribution in [0.2, 0.25) is 0 Å². The van der Waals surface area contributed by atoms with Crippen molar-refractivity contribution in [3.05, 3.63) is 24.0 Å². The largest absolute Gasteiger partial charge is 0.375 e. The average Bonchev–Trinajstić information content (AvgIpc) is 2.39. The molecule has 17 heavy (non-hydrogen) atoms. The van der Waals surface area contributed by atoms with E-state index in [9.17, 15) is 0 Å². The molecule has 0 saturated carbocycles. The Morgan fingerprint density at radius 1 is 1.53 bits per heavy atom. The van der Waals surface area contributed by atoms with Crippen molar-refractivity contribution in [3.8, 4) is 0 Å². The second kappa shape index (κ2) is 6.99. The van der Waals surface area contributed by atoms with E-state index in [0.29, 0.717) is 6.10 Å². The summed E-state index contributed by atoms with van der Waals surface area (Å²) in [5, 5.41) is 3.35. The number of hydrogen-bond donors (Lipinski definition) is 1. The number of nitrogens with one attached hydrogen (secondary N) is 1. The van der Waals surface area contributed by atoms with Gasteiger partial charge in [-0.2, -0.15) is 0 Å². The first-order valence-electron chi connectivity index (χ1n) is 6.27. The monoisotopic (exact) mass is 252 g/mol. The molecule has 0 amide bonds. The van der Waals surface area contributed by atoms with Gasteiger partial charge >= 0.3 is 0 Å². The van der Waals surface area contributed by atoms with E-state index in [0.717, 1.165) is 31.9 Å². The molecule has 1 saturated heterocycles. The van der Waals surface area contributed by atoms with E-state index in [1.807, 2.05) is 24.2 Å². The molecule has 1 aliphatic heterocycles. The topological polar surface area (TPSA) is 34.2 Å². The Bertz CT molecular complexity index is 340. The van der Waals surface area contributed by atoms with Crippen LogP contribution in [-0.4, -0.2) is 36.5 Å². The summed E-state index contributed by atoms with van der Waals surface area (Å²) < 4.78 is 5.67. The Morgan fingerprint density at radius 3 is 3.24 bits per heavy atom. The van der Waals surface area contributed by atoms with Gasteiger partial charge in [0.1, 0.15) is 0 Å². The number of ether oxygens (including phenoxy) is 1. The van der Waals surface area contributed by atoms with Crippen molar-refractivity contribution in [2.24, 2.45) is 0 Å². The molecule has 0 spiro atoms. The minimum absolute atomic E-state index is 0.337. The van der Waals surface area contributed by atoms with Gasteiger partial charge in [0.25, 0.3) is 0 Å². The molecule has 0 bridgehead atoms. The molecule has 2 rings (SSSR count). The maximum atomic E-state index is 5.67. The SMILES string of the molecule is CCCc1cncc(SCC2CNCCO2)c1. The highest BCUT2D eigenvalue weighted by Gasteiger charge is 2.13. The summed E-state index contributed by atoms with van der Waals surface area (Å²) in [5.74, 6) is 1.00. The van der Waals surface area contributed by atoms with Crippen LogP contribution < -0.4 is 5.32 Å². The summed E-state index contributed by atoms with van der Waals surface area (Å²) in [6.45, 7) is 4.98. The lowest BCUT2D eigenvalue weighted by Gasteiger charge is -2.23. The van der Waals surface area contributed by atoms with Crippen LogP contribution in [0, 0.1) is 0 Å². The third kappa shape index (κ3) is 4.30. The number of thioether (sulfide) groups is 1. The van der Waals surface area contributed by atoms with Crippen LogP contribution in [0.3, 0.4) is 0 Å². The number of morpholine rings is 1. The summed E-state index contributed by atoms with van der Waals surface area (Å²) in [5.41, 5.74) is 1.33. The first kappa shape index (κ1) is 12.9. The molecule has 3 nitrogen and oxygen atoms in total. The Morgan fingerprint density at radius 2 is 2.47 bits per heavy atom. The first-order valence-corrected chi connectivity index (χ1v) is 7.26. The fourth-order valence-electron chi connectivity index (χ4n) is 1.88. The number of pyridine rings is 1. The van der Waals surface area contributed by atoms with Gasteiger partial charge in [-0.15, -0.1) is 11.8 Å². The highest BCUT2D eigenvalue weighted by Crippen LogP contribution is 2.20. The molecule has 1 N–H and O–H groups in total. The van der Waals surface area contributed by atoms with E-state index >= 15 is 0 Å². The van der Waals surface area contributed by atoms with Gasteiger partial charge in [0.2, 0.25) is 0 Å². The van der Waals surface area contributed by atoms with Crippen molar-refractivity contribution in [2.45, 2.75) is 30.8 Å². The van der Waals surface area contributed by atoms with Crippen molar-refractivity contribution in [2.75, 3.05) is 25.4 Å². The minimum atomic E-state index is 0.337. The summed E-state index contributed by atoms with van der Waals surface area (Å²) in [6.07, 6.45) is 6.53. The lowest BCUT2D eigenvalue weighted by atomic mass is 10.2. The minimum Gasteiger partial charge on any atom is -0.375 e. The van der Waals surface area contributed by atoms with Gasteiger partial charge in [-0.1, -0.05) is 13.3 Å². The van der Waals surface area contributed by atoms with Crippen LogP contribution in [-0.2, 0) is 11.2 Å². The molecule has 0 aromatic carbocycles. The van der Waals surface area contributed by atoms with Crippen molar-refractivity contribution in [3.63, 3.8) is 0 Å². The van der Waals surface area contributed by atoms with Gasteiger partial charge in [-0.25, -0.2) is 0 Å². The Labute approximate surface area is 107 Å². The maximum absolute atomic E-state index is 5.67. The Balaban J connectivity index is 1.83. The van der Waals surface area contributed by atoms with Crippen molar-refractivity contribution in [1.29, 1.82) is 0 Å². The van der Waals surface area contributed by atoms with Crippen LogP contribution in [0.25, 0.3) is 0 Å². The van der Waals surface area contributed by atoms with Crippen LogP contribution in [0.4, 0.5) is 0 Å². The van der Waals surface area contributed by atoms with Crippen molar-refractivity contribution >= 4 is 11.8 Å². The van der Waals surface area contributed by atoms with Crippen molar-refractivity contribution in [1.82, 2.24) is 10.3 Å². The zero-order valence-electron chi connectivity index (χ0n) is 10.3. The van der Waals surface area contributed by atoms with Gasteiger partial charge in [-0.05, 0) is 18.1 Å². The number of hydrogen-bond acceptors (Lipinski definition) is 4. The fourth-order valence-corrected chi connectivity index (χ4v) is 2.85. The van der Waals surface area contributed by atoms with E-state index < -0.39 is 0 Å². The van der Waals surface area contributed by atoms with E-state index in [2.05, 4.69) is 23.3 Å². The second-order valence-corrected chi connectivity index (χ2v) is 5.38. The predicted octanol–water partition coefficient (Wildman–Crippen LogP) is 2.11. The fraction of sp³-hybridized carbons (Fsp3) is 0.615. The maximum Gasteiger partial charge on any atom is 0.0793 e. The predicted molar refractivity (Wildman–Crippen MR) is 71.6 cm³/mol. The molecule has 1 aliphatic rings. The summed E-state index contributed by atoms with van der Waals surface area (Å²) >= 11 is 1.84. The lowest BCUT2D eigenvalue weighted by Crippen LogP contribution is -2.39. The van der Waals surface area contributed by atoms with Gasteiger partial charge < -0.3 is 10.1 Å².